The maximum atomic E-state index is 5.93. The zero-order valence-corrected chi connectivity index (χ0v) is 15.8. The minimum absolute atomic E-state index is 0.725. The molecule has 2 aromatic rings. The van der Waals surface area contributed by atoms with Gasteiger partial charge in [0, 0.05) is 22.1 Å². The Morgan fingerprint density at radius 3 is 2.52 bits per heavy atom. The van der Waals surface area contributed by atoms with E-state index in [0.717, 1.165) is 41.9 Å². The van der Waals surface area contributed by atoms with Gasteiger partial charge in [-0.15, -0.1) is 11.3 Å². The molecule has 2 rings (SSSR count). The lowest BCUT2D eigenvalue weighted by Crippen LogP contribution is -2.35. The third-order valence-corrected chi connectivity index (χ3v) is 4.82. The van der Waals surface area contributed by atoms with Crippen molar-refractivity contribution >= 4 is 46.0 Å². The highest BCUT2D eigenvalue weighted by Crippen LogP contribution is 2.16. The topological polar surface area (TPSA) is 18.5 Å². The molecule has 0 fully saturated rings. The minimum atomic E-state index is 0.725. The van der Waals surface area contributed by atoms with Crippen molar-refractivity contribution in [2.75, 3.05) is 32.5 Å². The number of anilines is 1. The van der Waals surface area contributed by atoms with Crippen molar-refractivity contribution in [3.63, 3.8) is 0 Å². The molecule has 0 radical (unpaired) electrons. The molecule has 23 heavy (non-hydrogen) atoms. The van der Waals surface area contributed by atoms with Gasteiger partial charge in [-0.3, -0.25) is 0 Å². The van der Waals surface area contributed by atoms with Gasteiger partial charge in [0.15, 0.2) is 5.11 Å². The second-order valence-electron chi connectivity index (χ2n) is 5.59. The fourth-order valence-corrected chi connectivity index (χ4v) is 3.28. The molecule has 0 atom stereocenters. The number of thiophene rings is 1. The van der Waals surface area contributed by atoms with Crippen LogP contribution in [0.5, 0.6) is 0 Å². The van der Waals surface area contributed by atoms with Crippen LogP contribution in [-0.4, -0.2) is 42.1 Å². The van der Waals surface area contributed by atoms with Gasteiger partial charge in [-0.2, -0.15) is 0 Å². The molecule has 6 heteroatoms. The zero-order valence-electron chi connectivity index (χ0n) is 13.5. The van der Waals surface area contributed by atoms with Crippen LogP contribution in [0.2, 0.25) is 5.02 Å². The van der Waals surface area contributed by atoms with Crippen LogP contribution in [0.15, 0.2) is 41.8 Å². The molecule has 0 saturated heterocycles. The highest BCUT2D eigenvalue weighted by Gasteiger charge is 2.11. The van der Waals surface area contributed by atoms with Crippen molar-refractivity contribution in [3.05, 3.63) is 51.7 Å². The summed E-state index contributed by atoms with van der Waals surface area (Å²) in [6.07, 6.45) is 1.07. The fraction of sp³-hybridized carbons (Fsp3) is 0.353. The van der Waals surface area contributed by atoms with E-state index in [4.69, 9.17) is 23.8 Å². The Hall–Kier alpha value is -1.14. The third kappa shape index (κ3) is 6.47. The van der Waals surface area contributed by atoms with Gasteiger partial charge in [0.25, 0.3) is 0 Å². The first-order valence-electron chi connectivity index (χ1n) is 7.53. The van der Waals surface area contributed by atoms with Crippen molar-refractivity contribution in [2.45, 2.75) is 13.0 Å². The Morgan fingerprint density at radius 1 is 1.17 bits per heavy atom. The van der Waals surface area contributed by atoms with Crippen LogP contribution in [0.25, 0.3) is 0 Å². The van der Waals surface area contributed by atoms with Gasteiger partial charge in [0.1, 0.15) is 0 Å². The molecule has 0 saturated carbocycles. The molecule has 0 unspecified atom stereocenters. The molecule has 0 aliphatic heterocycles. The van der Waals surface area contributed by atoms with E-state index in [-0.39, 0.29) is 0 Å². The molecule has 0 aliphatic carbocycles. The van der Waals surface area contributed by atoms with E-state index < -0.39 is 0 Å². The molecular weight excluding hydrogens is 346 g/mol. The average Bonchev–Trinajstić information content (AvgIpc) is 3.01. The summed E-state index contributed by atoms with van der Waals surface area (Å²) in [5.41, 5.74) is 0.961. The third-order valence-electron chi connectivity index (χ3n) is 3.34. The summed E-state index contributed by atoms with van der Waals surface area (Å²) in [6.45, 7) is 2.81. The number of nitrogens with one attached hydrogen (secondary N) is 1. The van der Waals surface area contributed by atoms with Crippen molar-refractivity contribution in [1.82, 2.24) is 9.80 Å². The lowest BCUT2D eigenvalue weighted by Gasteiger charge is -2.26. The predicted octanol–water partition coefficient (Wildman–Crippen LogP) is 4.55. The summed E-state index contributed by atoms with van der Waals surface area (Å²) < 4.78 is 0. The molecule has 1 aromatic heterocycles. The molecule has 124 valence electrons. The predicted molar refractivity (Wildman–Crippen MR) is 106 cm³/mol. The van der Waals surface area contributed by atoms with E-state index in [9.17, 15) is 0 Å². The number of thiocarbonyl (C=S) groups is 1. The van der Waals surface area contributed by atoms with Gasteiger partial charge in [0.05, 0.1) is 6.54 Å². The number of nitrogens with zero attached hydrogens (tertiary/aromatic N) is 2. The van der Waals surface area contributed by atoms with Gasteiger partial charge in [-0.05, 0) is 75.0 Å². The average molecular weight is 368 g/mol. The molecular formula is C17H22ClN3S2. The van der Waals surface area contributed by atoms with Crippen LogP contribution in [0.1, 0.15) is 11.3 Å². The van der Waals surface area contributed by atoms with E-state index in [0.29, 0.717) is 0 Å². The van der Waals surface area contributed by atoms with Gasteiger partial charge in [-0.25, -0.2) is 0 Å². The Kier molecular flexibility index (Phi) is 7.30. The normalized spacial score (nSPS) is 10.8. The summed E-state index contributed by atoms with van der Waals surface area (Å²) in [4.78, 5) is 5.73. The molecule has 1 heterocycles. The van der Waals surface area contributed by atoms with Crippen LogP contribution in [0.3, 0.4) is 0 Å². The van der Waals surface area contributed by atoms with Gasteiger partial charge >= 0.3 is 0 Å². The second-order valence-corrected chi connectivity index (χ2v) is 7.45. The van der Waals surface area contributed by atoms with Gasteiger partial charge < -0.3 is 15.1 Å². The Morgan fingerprint density at radius 2 is 1.91 bits per heavy atom. The molecule has 3 nitrogen and oxygen atoms in total. The van der Waals surface area contributed by atoms with E-state index in [1.165, 1.54) is 4.88 Å². The first kappa shape index (κ1) is 18.2. The van der Waals surface area contributed by atoms with Crippen molar-refractivity contribution in [3.8, 4) is 0 Å². The standard InChI is InChI=1S/C17H22ClN3S2/c1-20(2)10-4-11-21(13-16-5-3-12-23-16)17(22)19-15-8-6-14(18)7-9-15/h3,5-9,12H,4,10-11,13H2,1-2H3,(H,19,22). The summed E-state index contributed by atoms with van der Waals surface area (Å²) in [5, 5.41) is 6.88. The van der Waals surface area contributed by atoms with Crippen molar-refractivity contribution < 1.29 is 0 Å². The van der Waals surface area contributed by atoms with Gasteiger partial charge in [0.2, 0.25) is 0 Å². The summed E-state index contributed by atoms with van der Waals surface area (Å²) in [6, 6.07) is 11.8. The van der Waals surface area contributed by atoms with Gasteiger partial charge in [-0.1, -0.05) is 17.7 Å². The van der Waals surface area contributed by atoms with Crippen LogP contribution in [0, 0.1) is 0 Å². The molecule has 0 aliphatic rings. The summed E-state index contributed by atoms with van der Waals surface area (Å²) >= 11 is 13.3. The number of rotatable bonds is 7. The number of hydrogen-bond donors (Lipinski definition) is 1. The van der Waals surface area contributed by atoms with E-state index in [2.05, 4.69) is 46.7 Å². The summed E-state index contributed by atoms with van der Waals surface area (Å²) in [7, 11) is 4.18. The Bertz CT molecular complexity index is 597. The number of halogens is 1. The monoisotopic (exact) mass is 367 g/mol. The molecule has 1 N–H and O–H groups in total. The molecule has 0 spiro atoms. The van der Waals surface area contributed by atoms with Crippen LogP contribution in [-0.2, 0) is 6.54 Å². The molecule has 0 bridgehead atoms. The smallest absolute Gasteiger partial charge is 0.173 e. The second kappa shape index (κ2) is 9.23. The quantitative estimate of drug-likeness (QED) is 0.723. The largest absolute Gasteiger partial charge is 0.344 e. The van der Waals surface area contributed by atoms with Crippen molar-refractivity contribution in [2.24, 2.45) is 0 Å². The van der Waals surface area contributed by atoms with E-state index in [1.54, 1.807) is 11.3 Å². The fourth-order valence-electron chi connectivity index (χ4n) is 2.16. The Labute approximate surface area is 152 Å². The first-order chi connectivity index (χ1) is 11.0. The van der Waals surface area contributed by atoms with Crippen LogP contribution >= 0.6 is 35.2 Å². The first-order valence-corrected chi connectivity index (χ1v) is 9.20. The van der Waals surface area contributed by atoms with Crippen molar-refractivity contribution in [1.29, 1.82) is 0 Å². The number of benzene rings is 1. The highest BCUT2D eigenvalue weighted by atomic mass is 35.5. The van der Waals surface area contributed by atoms with E-state index >= 15 is 0 Å². The zero-order chi connectivity index (χ0) is 16.7. The number of hydrogen-bond acceptors (Lipinski definition) is 3. The maximum absolute atomic E-state index is 5.93. The lowest BCUT2D eigenvalue weighted by molar-refractivity contribution is 0.347. The minimum Gasteiger partial charge on any atom is -0.344 e. The molecule has 0 amide bonds. The van der Waals surface area contributed by atoms with Crippen LogP contribution in [0.4, 0.5) is 5.69 Å². The maximum Gasteiger partial charge on any atom is 0.173 e. The van der Waals surface area contributed by atoms with E-state index in [1.807, 2.05) is 24.3 Å². The SMILES string of the molecule is CN(C)CCCN(Cc1cccs1)C(=S)Nc1ccc(Cl)cc1. The Balaban J connectivity index is 1.98. The molecule has 1 aromatic carbocycles. The highest BCUT2D eigenvalue weighted by molar-refractivity contribution is 7.80. The lowest BCUT2D eigenvalue weighted by atomic mass is 10.3. The summed E-state index contributed by atoms with van der Waals surface area (Å²) in [5.74, 6) is 0. The van der Waals surface area contributed by atoms with Crippen LogP contribution < -0.4 is 5.32 Å².